The number of nitro benzene ring substituents is 1. The molecule has 2 rings (SSSR count). The second kappa shape index (κ2) is 7.78. The van der Waals surface area contributed by atoms with Crippen molar-refractivity contribution in [3.8, 4) is 0 Å². The van der Waals surface area contributed by atoms with E-state index in [1.165, 1.54) is 30.0 Å². The van der Waals surface area contributed by atoms with Crippen LogP contribution in [0.15, 0.2) is 36.4 Å². The molecule has 0 fully saturated rings. The number of carboxylic acids is 1. The van der Waals surface area contributed by atoms with Gasteiger partial charge in [0.25, 0.3) is 11.6 Å². The lowest BCUT2D eigenvalue weighted by Crippen LogP contribution is -2.41. The summed E-state index contributed by atoms with van der Waals surface area (Å²) >= 11 is 1.49. The molecule has 0 unspecified atom stereocenters. The van der Waals surface area contributed by atoms with Crippen molar-refractivity contribution in [3.05, 3.63) is 52.1 Å². The first-order valence-electron chi connectivity index (χ1n) is 7.14. The standard InChI is InChI=1S/C16H16N2O5S/c1-24-9-8-13(16(20)21)17-15(19)12-6-2-5-11-10(12)4-3-7-14(11)18(22)23/h2-7,13H,8-9H2,1H3,(H,17,19)(H,20,21)/t13-/m0/s1. The maximum atomic E-state index is 12.5. The minimum atomic E-state index is -1.11. The summed E-state index contributed by atoms with van der Waals surface area (Å²) < 4.78 is 0. The van der Waals surface area contributed by atoms with Gasteiger partial charge >= 0.3 is 5.97 Å². The van der Waals surface area contributed by atoms with Gasteiger partial charge in [0.2, 0.25) is 0 Å². The van der Waals surface area contributed by atoms with E-state index in [0.717, 1.165) is 0 Å². The number of carbonyl (C=O) groups excluding carboxylic acids is 1. The van der Waals surface area contributed by atoms with Gasteiger partial charge in [-0.25, -0.2) is 4.79 Å². The third-order valence-electron chi connectivity index (χ3n) is 3.55. The number of hydrogen-bond acceptors (Lipinski definition) is 5. The summed E-state index contributed by atoms with van der Waals surface area (Å²) in [6, 6.07) is 8.10. The van der Waals surface area contributed by atoms with Gasteiger partial charge in [-0.3, -0.25) is 14.9 Å². The lowest BCUT2D eigenvalue weighted by atomic mass is 10.0. The molecular formula is C16H16N2O5S. The van der Waals surface area contributed by atoms with E-state index in [2.05, 4.69) is 5.32 Å². The number of benzene rings is 2. The molecule has 0 aliphatic rings. The molecule has 126 valence electrons. The van der Waals surface area contributed by atoms with E-state index in [1.54, 1.807) is 18.2 Å². The van der Waals surface area contributed by atoms with E-state index in [9.17, 15) is 24.8 Å². The topological polar surface area (TPSA) is 110 Å². The molecule has 8 heteroatoms. The van der Waals surface area contributed by atoms with Crippen molar-refractivity contribution >= 4 is 40.1 Å². The Kier molecular flexibility index (Phi) is 5.75. The number of nitrogens with zero attached hydrogens (tertiary/aromatic N) is 1. The molecule has 0 spiro atoms. The zero-order valence-corrected chi connectivity index (χ0v) is 13.7. The highest BCUT2D eigenvalue weighted by Gasteiger charge is 2.22. The Bertz CT molecular complexity index is 793. The quantitative estimate of drug-likeness (QED) is 0.588. The Labute approximate surface area is 142 Å². The van der Waals surface area contributed by atoms with Crippen molar-refractivity contribution in [1.29, 1.82) is 0 Å². The molecule has 0 saturated carbocycles. The van der Waals surface area contributed by atoms with Crippen LogP contribution in [0.1, 0.15) is 16.8 Å². The predicted octanol–water partition coefficient (Wildman–Crippen LogP) is 2.68. The Morgan fingerprint density at radius 1 is 1.25 bits per heavy atom. The molecule has 0 saturated heterocycles. The number of thioether (sulfide) groups is 1. The SMILES string of the molecule is CSCC[C@H](NC(=O)c1cccc2c([N+](=O)[O-])cccc12)C(=O)O. The van der Waals surface area contributed by atoms with Gasteiger partial charge in [-0.15, -0.1) is 0 Å². The van der Waals surface area contributed by atoms with Crippen LogP contribution in [0, 0.1) is 10.1 Å². The van der Waals surface area contributed by atoms with E-state index >= 15 is 0 Å². The van der Waals surface area contributed by atoms with Crippen molar-refractivity contribution in [2.24, 2.45) is 0 Å². The van der Waals surface area contributed by atoms with Crippen LogP contribution in [0.5, 0.6) is 0 Å². The van der Waals surface area contributed by atoms with Crippen molar-refractivity contribution in [3.63, 3.8) is 0 Å². The molecular weight excluding hydrogens is 332 g/mol. The smallest absolute Gasteiger partial charge is 0.326 e. The molecule has 0 aliphatic heterocycles. The van der Waals surface area contributed by atoms with Crippen LogP contribution < -0.4 is 5.32 Å². The second-order valence-corrected chi connectivity index (χ2v) is 6.07. The zero-order chi connectivity index (χ0) is 17.7. The minimum Gasteiger partial charge on any atom is -0.480 e. The summed E-state index contributed by atoms with van der Waals surface area (Å²) in [5.74, 6) is -1.07. The van der Waals surface area contributed by atoms with Gasteiger partial charge in [0.05, 0.1) is 10.3 Å². The molecule has 24 heavy (non-hydrogen) atoms. The lowest BCUT2D eigenvalue weighted by Gasteiger charge is -2.15. The molecule has 1 amide bonds. The van der Waals surface area contributed by atoms with Crippen LogP contribution in [0.2, 0.25) is 0 Å². The van der Waals surface area contributed by atoms with E-state index in [4.69, 9.17) is 0 Å². The van der Waals surface area contributed by atoms with Gasteiger partial charge in [0.1, 0.15) is 6.04 Å². The van der Waals surface area contributed by atoms with Gasteiger partial charge in [0, 0.05) is 17.0 Å². The summed E-state index contributed by atoms with van der Waals surface area (Å²) in [5, 5.41) is 23.6. The molecule has 0 aromatic heterocycles. The highest BCUT2D eigenvalue weighted by Crippen LogP contribution is 2.27. The average Bonchev–Trinajstić information content (AvgIpc) is 2.56. The number of carboxylic acid groups (broad SMARTS) is 1. The fourth-order valence-corrected chi connectivity index (χ4v) is 2.85. The summed E-state index contributed by atoms with van der Waals surface area (Å²) in [4.78, 5) is 34.3. The molecule has 0 aliphatic carbocycles. The Morgan fingerprint density at radius 3 is 2.54 bits per heavy atom. The van der Waals surface area contributed by atoms with Crippen LogP contribution >= 0.6 is 11.8 Å². The number of aliphatic carboxylic acids is 1. The van der Waals surface area contributed by atoms with Gasteiger partial charge in [0.15, 0.2) is 0 Å². The van der Waals surface area contributed by atoms with Crippen molar-refractivity contribution in [1.82, 2.24) is 5.32 Å². The minimum absolute atomic E-state index is 0.0979. The molecule has 2 aromatic carbocycles. The van der Waals surface area contributed by atoms with Crippen molar-refractivity contribution in [2.45, 2.75) is 12.5 Å². The van der Waals surface area contributed by atoms with Gasteiger partial charge in [-0.1, -0.05) is 18.2 Å². The molecule has 2 N–H and O–H groups in total. The number of rotatable bonds is 7. The molecule has 0 bridgehead atoms. The number of nitrogens with one attached hydrogen (secondary N) is 1. The lowest BCUT2D eigenvalue weighted by molar-refractivity contribution is -0.383. The summed E-state index contributed by atoms with van der Waals surface area (Å²) in [7, 11) is 0. The number of carbonyl (C=O) groups is 2. The fraction of sp³-hybridized carbons (Fsp3) is 0.250. The first kappa shape index (κ1) is 17.7. The monoisotopic (exact) mass is 348 g/mol. The van der Waals surface area contributed by atoms with E-state index in [1.807, 2.05) is 6.26 Å². The van der Waals surface area contributed by atoms with Gasteiger partial charge in [-0.2, -0.15) is 11.8 Å². The highest BCUT2D eigenvalue weighted by molar-refractivity contribution is 7.98. The number of non-ortho nitro benzene ring substituents is 1. The highest BCUT2D eigenvalue weighted by atomic mass is 32.2. The van der Waals surface area contributed by atoms with Gasteiger partial charge in [-0.05, 0) is 30.6 Å². The summed E-state index contributed by atoms with van der Waals surface area (Å²) in [6.45, 7) is 0. The second-order valence-electron chi connectivity index (χ2n) is 5.08. The average molecular weight is 348 g/mol. The third-order valence-corrected chi connectivity index (χ3v) is 4.20. The van der Waals surface area contributed by atoms with Crippen molar-refractivity contribution < 1.29 is 19.6 Å². The number of hydrogen-bond donors (Lipinski definition) is 2. The van der Waals surface area contributed by atoms with Gasteiger partial charge < -0.3 is 10.4 Å². The van der Waals surface area contributed by atoms with E-state index < -0.39 is 22.8 Å². The molecule has 0 heterocycles. The Hall–Kier alpha value is -2.61. The predicted molar refractivity (Wildman–Crippen MR) is 92.5 cm³/mol. The van der Waals surface area contributed by atoms with Crippen LogP contribution in [-0.2, 0) is 4.79 Å². The van der Waals surface area contributed by atoms with Crippen molar-refractivity contribution in [2.75, 3.05) is 12.0 Å². The van der Waals surface area contributed by atoms with E-state index in [-0.39, 0.29) is 11.3 Å². The first-order valence-corrected chi connectivity index (χ1v) is 8.54. The van der Waals surface area contributed by atoms with Crippen LogP contribution in [0.25, 0.3) is 10.8 Å². The Morgan fingerprint density at radius 2 is 1.92 bits per heavy atom. The largest absolute Gasteiger partial charge is 0.480 e. The van der Waals surface area contributed by atoms with Crippen LogP contribution in [0.3, 0.4) is 0 Å². The first-order chi connectivity index (χ1) is 11.5. The maximum Gasteiger partial charge on any atom is 0.326 e. The fourth-order valence-electron chi connectivity index (χ4n) is 2.38. The van der Waals surface area contributed by atoms with Crippen LogP contribution in [-0.4, -0.2) is 40.0 Å². The summed E-state index contributed by atoms with van der Waals surface area (Å²) in [6.07, 6.45) is 2.15. The maximum absolute atomic E-state index is 12.5. The number of nitro groups is 1. The number of amides is 1. The van der Waals surface area contributed by atoms with E-state index in [0.29, 0.717) is 22.9 Å². The molecule has 7 nitrogen and oxygen atoms in total. The Balaban J connectivity index is 2.37. The van der Waals surface area contributed by atoms with Crippen LogP contribution in [0.4, 0.5) is 5.69 Å². The normalized spacial score (nSPS) is 11.9. The number of fused-ring (bicyclic) bond motifs is 1. The molecule has 2 aromatic rings. The molecule has 1 atom stereocenters. The third kappa shape index (κ3) is 3.83. The summed E-state index contributed by atoms with van der Waals surface area (Å²) in [5.41, 5.74) is 0.117. The molecule has 0 radical (unpaired) electrons. The zero-order valence-electron chi connectivity index (χ0n) is 12.9.